The van der Waals surface area contributed by atoms with Crippen LogP contribution in [0.3, 0.4) is 0 Å². The molecule has 0 heterocycles. The summed E-state index contributed by atoms with van der Waals surface area (Å²) >= 11 is 6.35. The minimum atomic E-state index is 0.281. The summed E-state index contributed by atoms with van der Waals surface area (Å²) in [5, 5.41) is 0.902. The van der Waals surface area contributed by atoms with Crippen LogP contribution in [0.5, 0.6) is 0 Å². The van der Waals surface area contributed by atoms with E-state index >= 15 is 0 Å². The summed E-state index contributed by atoms with van der Waals surface area (Å²) in [5.74, 6) is 0. The molecule has 0 aromatic heterocycles. The molecule has 0 aliphatic heterocycles. The molecule has 0 aromatic carbocycles. The van der Waals surface area contributed by atoms with Crippen molar-refractivity contribution in [2.24, 2.45) is 15.8 Å². The highest BCUT2D eigenvalue weighted by Gasteiger charge is 2.49. The van der Waals surface area contributed by atoms with Crippen LogP contribution in [-0.2, 0) is 0 Å². The van der Waals surface area contributed by atoms with E-state index in [1.807, 2.05) is 7.05 Å². The molecule has 1 nitrogen and oxygen atoms in total. The van der Waals surface area contributed by atoms with Gasteiger partial charge in [0, 0.05) is 12.5 Å². The monoisotopic (exact) mass is 255 g/mol. The molecule has 0 radical (unpaired) electrons. The van der Waals surface area contributed by atoms with Gasteiger partial charge in [-0.05, 0) is 50.4 Å². The minimum Gasteiger partial charge on any atom is -0.280 e. The van der Waals surface area contributed by atoms with E-state index in [1.165, 1.54) is 64.2 Å². The quantitative estimate of drug-likeness (QED) is 0.474. The lowest BCUT2D eigenvalue weighted by molar-refractivity contribution is 0.0256. The van der Waals surface area contributed by atoms with Crippen molar-refractivity contribution >= 4 is 16.8 Å². The number of fused-ring (bicyclic) bond motifs is 3. The summed E-state index contributed by atoms with van der Waals surface area (Å²) in [6.07, 6.45) is 13.7. The Balaban J connectivity index is 1.95. The SMILES string of the molecule is CCCCCC12CCC(/C(Cl)=N/C)(CC1)CC2. The van der Waals surface area contributed by atoms with Gasteiger partial charge in [0.15, 0.2) is 0 Å². The van der Waals surface area contributed by atoms with Crippen molar-refractivity contribution < 1.29 is 0 Å². The Kier molecular flexibility index (Phi) is 4.18. The Hall–Kier alpha value is -0.0400. The molecule has 98 valence electrons. The zero-order valence-corrected chi connectivity index (χ0v) is 12.2. The summed E-state index contributed by atoms with van der Waals surface area (Å²) in [4.78, 5) is 4.26. The summed E-state index contributed by atoms with van der Waals surface area (Å²) in [7, 11) is 1.84. The van der Waals surface area contributed by atoms with Gasteiger partial charge < -0.3 is 0 Å². The average molecular weight is 256 g/mol. The number of rotatable bonds is 5. The number of hydrogen-bond acceptors (Lipinski definition) is 1. The normalized spacial score (nSPS) is 37.5. The fourth-order valence-electron chi connectivity index (χ4n) is 3.93. The highest BCUT2D eigenvalue weighted by Crippen LogP contribution is 2.59. The van der Waals surface area contributed by atoms with Crippen molar-refractivity contribution in [3.63, 3.8) is 0 Å². The number of nitrogens with zero attached hydrogens (tertiary/aromatic N) is 1. The van der Waals surface area contributed by atoms with Gasteiger partial charge in [-0.15, -0.1) is 0 Å². The first kappa shape index (κ1) is 13.4. The minimum absolute atomic E-state index is 0.281. The third-order valence-corrected chi connectivity index (χ3v) is 5.92. The zero-order valence-electron chi connectivity index (χ0n) is 11.4. The van der Waals surface area contributed by atoms with Crippen molar-refractivity contribution in [1.82, 2.24) is 0 Å². The lowest BCUT2D eigenvalue weighted by Gasteiger charge is -2.53. The van der Waals surface area contributed by atoms with Crippen molar-refractivity contribution in [1.29, 1.82) is 0 Å². The molecule has 0 saturated heterocycles. The molecule has 0 atom stereocenters. The molecule has 3 saturated carbocycles. The Morgan fingerprint density at radius 2 is 1.65 bits per heavy atom. The van der Waals surface area contributed by atoms with Gasteiger partial charge in [-0.25, -0.2) is 0 Å². The summed E-state index contributed by atoms with van der Waals surface area (Å²) in [5.41, 5.74) is 0.963. The first-order valence-electron chi connectivity index (χ1n) is 7.29. The standard InChI is InChI=1S/C15H26ClN/c1-3-4-5-6-14-7-10-15(11-8-14,12-9-14)13(16)17-2/h3-12H2,1-2H3/b17-13-. The second kappa shape index (κ2) is 5.30. The Labute approximate surface area is 111 Å². The van der Waals surface area contributed by atoms with E-state index in [0.29, 0.717) is 5.41 Å². The Morgan fingerprint density at radius 3 is 2.12 bits per heavy atom. The summed E-state index contributed by atoms with van der Waals surface area (Å²) < 4.78 is 0. The molecular formula is C15H26ClN. The van der Waals surface area contributed by atoms with E-state index in [1.54, 1.807) is 0 Å². The molecule has 0 aromatic rings. The number of hydrogen-bond donors (Lipinski definition) is 0. The van der Waals surface area contributed by atoms with Crippen molar-refractivity contribution in [3.8, 4) is 0 Å². The van der Waals surface area contributed by atoms with Crippen LogP contribution < -0.4 is 0 Å². The van der Waals surface area contributed by atoms with Gasteiger partial charge in [-0.2, -0.15) is 0 Å². The molecule has 0 unspecified atom stereocenters. The van der Waals surface area contributed by atoms with Crippen molar-refractivity contribution in [2.45, 2.75) is 71.1 Å². The molecule has 0 N–H and O–H groups in total. The van der Waals surface area contributed by atoms with E-state index < -0.39 is 0 Å². The van der Waals surface area contributed by atoms with Crippen molar-refractivity contribution in [2.75, 3.05) is 7.05 Å². The van der Waals surface area contributed by atoms with Crippen LogP contribution in [0.25, 0.3) is 0 Å². The van der Waals surface area contributed by atoms with Crippen molar-refractivity contribution in [3.05, 3.63) is 0 Å². The molecule has 3 fully saturated rings. The van der Waals surface area contributed by atoms with Gasteiger partial charge in [0.05, 0.1) is 0 Å². The highest BCUT2D eigenvalue weighted by atomic mass is 35.5. The van der Waals surface area contributed by atoms with Gasteiger partial charge in [0.25, 0.3) is 0 Å². The Morgan fingerprint density at radius 1 is 1.06 bits per heavy atom. The second-order valence-electron chi connectivity index (χ2n) is 6.25. The van der Waals surface area contributed by atoms with Crippen LogP contribution in [0, 0.1) is 10.8 Å². The largest absolute Gasteiger partial charge is 0.280 e. The predicted octanol–water partition coefficient (Wildman–Crippen LogP) is 5.17. The summed E-state index contributed by atoms with van der Waals surface area (Å²) in [6, 6.07) is 0. The molecule has 3 rings (SSSR count). The first-order chi connectivity index (χ1) is 8.16. The van der Waals surface area contributed by atoms with E-state index in [9.17, 15) is 0 Å². The molecular weight excluding hydrogens is 230 g/mol. The lowest BCUT2D eigenvalue weighted by atomic mass is 9.53. The van der Waals surface area contributed by atoms with Crippen LogP contribution in [0.4, 0.5) is 0 Å². The van der Waals surface area contributed by atoms with E-state index in [2.05, 4.69) is 11.9 Å². The topological polar surface area (TPSA) is 12.4 Å². The van der Waals surface area contributed by atoms with Gasteiger partial charge in [0.2, 0.25) is 0 Å². The van der Waals surface area contributed by atoms with Crippen LogP contribution in [0.2, 0.25) is 0 Å². The molecule has 0 amide bonds. The molecule has 3 aliphatic rings. The van der Waals surface area contributed by atoms with E-state index in [4.69, 9.17) is 11.6 Å². The zero-order chi connectivity index (χ0) is 12.4. The van der Waals surface area contributed by atoms with Crippen LogP contribution >= 0.6 is 11.6 Å². The summed E-state index contributed by atoms with van der Waals surface area (Å²) in [6.45, 7) is 2.29. The smallest absolute Gasteiger partial charge is 0.106 e. The maximum Gasteiger partial charge on any atom is 0.106 e. The predicted molar refractivity (Wildman–Crippen MR) is 75.9 cm³/mol. The van der Waals surface area contributed by atoms with E-state index in [-0.39, 0.29) is 5.41 Å². The van der Waals surface area contributed by atoms with Gasteiger partial charge in [-0.1, -0.05) is 37.8 Å². The third kappa shape index (κ3) is 2.54. The third-order valence-electron chi connectivity index (χ3n) is 5.35. The number of aliphatic imine (C=N–C) groups is 1. The fourth-order valence-corrected chi connectivity index (χ4v) is 4.22. The molecule has 3 aliphatic carbocycles. The molecule has 2 heteroatoms. The molecule has 17 heavy (non-hydrogen) atoms. The Bertz CT molecular complexity index is 271. The lowest BCUT2D eigenvalue weighted by Crippen LogP contribution is -2.44. The second-order valence-corrected chi connectivity index (χ2v) is 6.61. The van der Waals surface area contributed by atoms with Crippen LogP contribution in [-0.4, -0.2) is 12.2 Å². The van der Waals surface area contributed by atoms with Gasteiger partial charge in [-0.3, -0.25) is 4.99 Å². The van der Waals surface area contributed by atoms with Gasteiger partial charge >= 0.3 is 0 Å². The maximum atomic E-state index is 6.35. The number of halogens is 1. The van der Waals surface area contributed by atoms with Gasteiger partial charge in [0.1, 0.15) is 5.17 Å². The molecule has 2 bridgehead atoms. The fraction of sp³-hybridized carbons (Fsp3) is 0.933. The first-order valence-corrected chi connectivity index (χ1v) is 7.67. The van der Waals surface area contributed by atoms with E-state index in [0.717, 1.165) is 5.17 Å². The highest BCUT2D eigenvalue weighted by molar-refractivity contribution is 6.66. The maximum absolute atomic E-state index is 6.35. The average Bonchev–Trinajstić information content (AvgIpc) is 2.40. The van der Waals surface area contributed by atoms with Crippen LogP contribution in [0.1, 0.15) is 71.1 Å². The number of unbranched alkanes of at least 4 members (excludes halogenated alkanes) is 2. The molecule has 0 spiro atoms. The van der Waals surface area contributed by atoms with Crippen LogP contribution in [0.15, 0.2) is 4.99 Å².